The number of rotatable bonds is 3. The van der Waals surface area contributed by atoms with E-state index in [1.807, 2.05) is 30.3 Å². The van der Waals surface area contributed by atoms with Crippen LogP contribution >= 0.6 is 0 Å². The first kappa shape index (κ1) is 9.79. The quantitative estimate of drug-likeness (QED) is 0.675. The van der Waals surface area contributed by atoms with Crippen molar-refractivity contribution in [2.45, 2.75) is 18.6 Å². The summed E-state index contributed by atoms with van der Waals surface area (Å²) in [6, 6.07) is 8.90. The standard InChI is InChI=1S/C11H13NO/c1-2-6-10(12)11(13)9-7-4-3-5-8-9/h1,3-5,7-8,10-11,13H,6,12H2. The Morgan fingerprint density at radius 2 is 2.00 bits per heavy atom. The van der Waals surface area contributed by atoms with Crippen LogP contribution in [0, 0.1) is 12.3 Å². The van der Waals surface area contributed by atoms with Gasteiger partial charge in [0, 0.05) is 12.5 Å². The maximum Gasteiger partial charge on any atom is 0.0950 e. The zero-order valence-corrected chi connectivity index (χ0v) is 7.35. The second-order valence-corrected chi connectivity index (χ2v) is 2.93. The molecule has 0 amide bonds. The molecule has 0 aliphatic rings. The van der Waals surface area contributed by atoms with E-state index in [0.29, 0.717) is 6.42 Å². The number of terminal acetylenes is 1. The van der Waals surface area contributed by atoms with Crippen molar-refractivity contribution in [1.29, 1.82) is 0 Å². The largest absolute Gasteiger partial charge is 0.387 e. The fourth-order valence-electron chi connectivity index (χ4n) is 1.15. The molecule has 0 heterocycles. The monoisotopic (exact) mass is 175 g/mol. The molecular formula is C11H13NO. The molecule has 68 valence electrons. The van der Waals surface area contributed by atoms with Crippen molar-refractivity contribution < 1.29 is 5.11 Å². The van der Waals surface area contributed by atoms with E-state index in [0.717, 1.165) is 5.56 Å². The molecule has 1 rings (SSSR count). The molecule has 2 atom stereocenters. The summed E-state index contributed by atoms with van der Waals surface area (Å²) in [6.45, 7) is 0. The van der Waals surface area contributed by atoms with E-state index in [9.17, 15) is 5.11 Å². The Balaban J connectivity index is 2.69. The van der Waals surface area contributed by atoms with Gasteiger partial charge in [-0.2, -0.15) is 0 Å². The fourth-order valence-corrected chi connectivity index (χ4v) is 1.15. The zero-order valence-electron chi connectivity index (χ0n) is 7.35. The minimum absolute atomic E-state index is 0.382. The lowest BCUT2D eigenvalue weighted by Crippen LogP contribution is -2.27. The smallest absolute Gasteiger partial charge is 0.0950 e. The Morgan fingerprint density at radius 3 is 2.54 bits per heavy atom. The van der Waals surface area contributed by atoms with Crippen LogP contribution in [0.4, 0.5) is 0 Å². The zero-order chi connectivity index (χ0) is 9.68. The summed E-state index contributed by atoms with van der Waals surface area (Å²) in [5.74, 6) is 2.43. The van der Waals surface area contributed by atoms with Crippen molar-refractivity contribution >= 4 is 0 Å². The van der Waals surface area contributed by atoms with E-state index in [-0.39, 0.29) is 6.04 Å². The molecule has 13 heavy (non-hydrogen) atoms. The SMILES string of the molecule is C#CCC(N)C(O)c1ccccc1. The van der Waals surface area contributed by atoms with Crippen molar-refractivity contribution in [2.24, 2.45) is 5.73 Å². The third-order valence-corrected chi connectivity index (χ3v) is 1.90. The molecule has 1 aromatic carbocycles. The Morgan fingerprint density at radius 1 is 1.38 bits per heavy atom. The van der Waals surface area contributed by atoms with Gasteiger partial charge in [0.05, 0.1) is 6.10 Å². The molecule has 0 aromatic heterocycles. The molecule has 2 heteroatoms. The van der Waals surface area contributed by atoms with Crippen LogP contribution in [-0.2, 0) is 0 Å². The van der Waals surface area contributed by atoms with Gasteiger partial charge in [-0.3, -0.25) is 0 Å². The second kappa shape index (κ2) is 4.66. The molecule has 0 saturated carbocycles. The Kier molecular flexibility index (Phi) is 3.51. The van der Waals surface area contributed by atoms with Crippen molar-refractivity contribution in [3.05, 3.63) is 35.9 Å². The van der Waals surface area contributed by atoms with Crippen molar-refractivity contribution in [2.75, 3.05) is 0 Å². The third kappa shape index (κ3) is 2.59. The number of aliphatic hydroxyl groups is 1. The van der Waals surface area contributed by atoms with Crippen LogP contribution in [0.2, 0.25) is 0 Å². The minimum Gasteiger partial charge on any atom is -0.387 e. The summed E-state index contributed by atoms with van der Waals surface area (Å²) in [5.41, 5.74) is 6.48. The molecule has 0 fully saturated rings. The third-order valence-electron chi connectivity index (χ3n) is 1.90. The Hall–Kier alpha value is -1.30. The first-order valence-electron chi connectivity index (χ1n) is 4.17. The predicted molar refractivity (Wildman–Crippen MR) is 52.8 cm³/mol. The second-order valence-electron chi connectivity index (χ2n) is 2.93. The van der Waals surface area contributed by atoms with Crippen molar-refractivity contribution in [3.63, 3.8) is 0 Å². The average Bonchev–Trinajstić information content (AvgIpc) is 2.18. The molecule has 0 spiro atoms. The Bertz CT molecular complexity index is 289. The van der Waals surface area contributed by atoms with E-state index >= 15 is 0 Å². The van der Waals surface area contributed by atoms with E-state index in [4.69, 9.17) is 12.2 Å². The van der Waals surface area contributed by atoms with E-state index in [1.54, 1.807) is 0 Å². The normalized spacial score (nSPS) is 14.5. The summed E-state index contributed by atoms with van der Waals surface area (Å²) >= 11 is 0. The molecule has 2 unspecified atom stereocenters. The molecule has 0 saturated heterocycles. The average molecular weight is 175 g/mol. The van der Waals surface area contributed by atoms with Crippen LogP contribution < -0.4 is 5.73 Å². The number of hydrogen-bond acceptors (Lipinski definition) is 2. The van der Waals surface area contributed by atoms with Crippen LogP contribution in [-0.4, -0.2) is 11.1 Å². The number of nitrogens with two attached hydrogens (primary N) is 1. The summed E-state index contributed by atoms with van der Waals surface area (Å²) in [7, 11) is 0. The van der Waals surface area contributed by atoms with E-state index < -0.39 is 6.10 Å². The van der Waals surface area contributed by atoms with Gasteiger partial charge in [-0.15, -0.1) is 12.3 Å². The van der Waals surface area contributed by atoms with Crippen LogP contribution in [0.25, 0.3) is 0 Å². The van der Waals surface area contributed by atoms with Crippen molar-refractivity contribution in [1.82, 2.24) is 0 Å². The lowest BCUT2D eigenvalue weighted by atomic mass is 10.0. The van der Waals surface area contributed by atoms with Crippen LogP contribution in [0.1, 0.15) is 18.1 Å². The van der Waals surface area contributed by atoms with Gasteiger partial charge in [0.1, 0.15) is 0 Å². The maximum atomic E-state index is 9.70. The molecule has 0 bridgehead atoms. The van der Waals surface area contributed by atoms with E-state index in [1.165, 1.54) is 0 Å². The predicted octanol–water partition coefficient (Wildman–Crippen LogP) is 1.07. The lowest BCUT2D eigenvalue weighted by molar-refractivity contribution is 0.148. The molecule has 2 nitrogen and oxygen atoms in total. The molecule has 0 radical (unpaired) electrons. The highest BCUT2D eigenvalue weighted by Crippen LogP contribution is 2.16. The number of benzene rings is 1. The van der Waals surface area contributed by atoms with Gasteiger partial charge in [0.15, 0.2) is 0 Å². The summed E-state index contributed by atoms with van der Waals surface area (Å²) in [5, 5.41) is 9.70. The Labute approximate surface area is 78.4 Å². The highest BCUT2D eigenvalue weighted by Gasteiger charge is 2.14. The molecular weight excluding hydrogens is 162 g/mol. The van der Waals surface area contributed by atoms with E-state index in [2.05, 4.69) is 5.92 Å². The van der Waals surface area contributed by atoms with Gasteiger partial charge in [-0.05, 0) is 5.56 Å². The highest BCUT2D eigenvalue weighted by atomic mass is 16.3. The first-order chi connectivity index (χ1) is 6.25. The van der Waals surface area contributed by atoms with Crippen LogP contribution in [0.5, 0.6) is 0 Å². The molecule has 0 aliphatic carbocycles. The summed E-state index contributed by atoms with van der Waals surface area (Å²) in [4.78, 5) is 0. The molecule has 0 aliphatic heterocycles. The minimum atomic E-state index is -0.669. The number of aliphatic hydroxyl groups excluding tert-OH is 1. The van der Waals surface area contributed by atoms with Crippen LogP contribution in [0.15, 0.2) is 30.3 Å². The summed E-state index contributed by atoms with van der Waals surface area (Å²) < 4.78 is 0. The highest BCUT2D eigenvalue weighted by molar-refractivity contribution is 5.19. The fraction of sp³-hybridized carbons (Fsp3) is 0.273. The van der Waals surface area contributed by atoms with Gasteiger partial charge in [0.2, 0.25) is 0 Å². The first-order valence-corrected chi connectivity index (χ1v) is 4.17. The van der Waals surface area contributed by atoms with Crippen LogP contribution in [0.3, 0.4) is 0 Å². The molecule has 1 aromatic rings. The molecule has 3 N–H and O–H groups in total. The number of hydrogen-bond donors (Lipinski definition) is 2. The van der Waals surface area contributed by atoms with Gasteiger partial charge >= 0.3 is 0 Å². The maximum absolute atomic E-state index is 9.70. The van der Waals surface area contributed by atoms with Gasteiger partial charge in [0.25, 0.3) is 0 Å². The van der Waals surface area contributed by atoms with Gasteiger partial charge in [-0.1, -0.05) is 30.3 Å². The van der Waals surface area contributed by atoms with Crippen molar-refractivity contribution in [3.8, 4) is 12.3 Å². The lowest BCUT2D eigenvalue weighted by Gasteiger charge is -2.16. The summed E-state index contributed by atoms with van der Waals surface area (Å²) in [6.07, 6.45) is 4.82. The van der Waals surface area contributed by atoms with Gasteiger partial charge in [-0.25, -0.2) is 0 Å². The topological polar surface area (TPSA) is 46.2 Å². The van der Waals surface area contributed by atoms with Gasteiger partial charge < -0.3 is 10.8 Å².